The lowest BCUT2D eigenvalue weighted by molar-refractivity contribution is 0.0494. The van der Waals surface area contributed by atoms with Crippen LogP contribution in [-0.2, 0) is 14.8 Å². The first kappa shape index (κ1) is 20.1. The predicted molar refractivity (Wildman–Crippen MR) is 103 cm³/mol. The molecular formula is C18H28N4O4S. The van der Waals surface area contributed by atoms with E-state index in [1.54, 1.807) is 18.2 Å². The first-order chi connectivity index (χ1) is 12.7. The van der Waals surface area contributed by atoms with Gasteiger partial charge >= 0.3 is 6.03 Å². The van der Waals surface area contributed by atoms with Gasteiger partial charge in [0.05, 0.1) is 16.5 Å². The molecule has 8 nitrogen and oxygen atoms in total. The van der Waals surface area contributed by atoms with Crippen LogP contribution in [0, 0.1) is 0 Å². The van der Waals surface area contributed by atoms with Crippen molar-refractivity contribution in [1.82, 2.24) is 14.5 Å². The predicted octanol–water partition coefficient (Wildman–Crippen LogP) is 1.31. The van der Waals surface area contributed by atoms with Gasteiger partial charge in [0.2, 0.25) is 10.0 Å². The Hall–Kier alpha value is -1.68. The quantitative estimate of drug-likeness (QED) is 0.757. The molecule has 2 atom stereocenters. The molecule has 1 saturated carbocycles. The van der Waals surface area contributed by atoms with Crippen LogP contribution in [-0.4, -0.2) is 75.1 Å². The van der Waals surface area contributed by atoms with Crippen LogP contribution in [0.1, 0.15) is 20.3 Å². The minimum atomic E-state index is -3.57. The van der Waals surface area contributed by atoms with E-state index in [1.165, 1.54) is 10.4 Å². The van der Waals surface area contributed by atoms with Crippen molar-refractivity contribution in [3.8, 4) is 0 Å². The van der Waals surface area contributed by atoms with Gasteiger partial charge in [-0.1, -0.05) is 6.07 Å². The molecular weight excluding hydrogens is 368 g/mol. The Bertz CT molecular complexity index is 792. The van der Waals surface area contributed by atoms with E-state index in [0.717, 1.165) is 6.42 Å². The van der Waals surface area contributed by atoms with Gasteiger partial charge in [-0.05, 0) is 39.1 Å². The first-order valence-corrected chi connectivity index (χ1v) is 10.7. The van der Waals surface area contributed by atoms with E-state index in [0.29, 0.717) is 38.5 Å². The molecule has 2 N–H and O–H groups in total. The van der Waals surface area contributed by atoms with E-state index >= 15 is 0 Å². The second kappa shape index (κ2) is 7.75. The molecule has 1 aliphatic heterocycles. The van der Waals surface area contributed by atoms with Gasteiger partial charge in [-0.2, -0.15) is 4.31 Å². The van der Waals surface area contributed by atoms with Crippen molar-refractivity contribution in [2.24, 2.45) is 0 Å². The lowest BCUT2D eigenvalue weighted by atomic mass is 10.3. The molecule has 0 radical (unpaired) electrons. The van der Waals surface area contributed by atoms with E-state index in [4.69, 9.17) is 4.74 Å². The summed E-state index contributed by atoms with van der Waals surface area (Å²) in [7, 11) is -1.59. The Morgan fingerprint density at radius 2 is 2.00 bits per heavy atom. The van der Waals surface area contributed by atoms with Gasteiger partial charge in [-0.25, -0.2) is 13.2 Å². The minimum absolute atomic E-state index is 0.0327. The molecule has 1 aromatic carbocycles. The van der Waals surface area contributed by atoms with E-state index in [-0.39, 0.29) is 22.6 Å². The number of carbonyl (C=O) groups is 1. The third kappa shape index (κ3) is 4.60. The highest BCUT2D eigenvalue weighted by molar-refractivity contribution is 7.89. The van der Waals surface area contributed by atoms with Gasteiger partial charge in [0.15, 0.2) is 0 Å². The molecule has 3 rings (SSSR count). The van der Waals surface area contributed by atoms with Crippen molar-refractivity contribution in [2.75, 3.05) is 45.2 Å². The number of sulfonamides is 1. The average molecular weight is 397 g/mol. The lowest BCUT2D eigenvalue weighted by Gasteiger charge is -2.31. The maximum atomic E-state index is 12.8. The molecule has 150 valence electrons. The molecule has 0 bridgehead atoms. The third-order valence-electron chi connectivity index (χ3n) is 5.16. The van der Waals surface area contributed by atoms with Crippen LogP contribution in [0.15, 0.2) is 29.2 Å². The third-order valence-corrected chi connectivity index (χ3v) is 7.05. The Morgan fingerprint density at radius 1 is 1.30 bits per heavy atom. The fourth-order valence-corrected chi connectivity index (χ4v) is 4.75. The number of nitrogens with zero attached hydrogens (tertiary/aromatic N) is 2. The number of nitrogens with one attached hydrogen (secondary N) is 2. The van der Waals surface area contributed by atoms with Crippen molar-refractivity contribution in [2.45, 2.75) is 36.8 Å². The monoisotopic (exact) mass is 396 g/mol. The number of amides is 2. The van der Waals surface area contributed by atoms with Crippen molar-refractivity contribution in [3.63, 3.8) is 0 Å². The van der Waals surface area contributed by atoms with Crippen LogP contribution in [0.4, 0.5) is 10.5 Å². The van der Waals surface area contributed by atoms with Crippen molar-refractivity contribution >= 4 is 21.7 Å². The van der Waals surface area contributed by atoms with Crippen molar-refractivity contribution in [1.29, 1.82) is 0 Å². The van der Waals surface area contributed by atoms with Gasteiger partial charge in [0, 0.05) is 44.9 Å². The minimum Gasteiger partial charge on any atom is -0.373 e. The Labute approximate surface area is 160 Å². The summed E-state index contributed by atoms with van der Waals surface area (Å²) in [5.41, 5.74) is 0.139. The van der Waals surface area contributed by atoms with Crippen LogP contribution in [0.25, 0.3) is 0 Å². The SMILES string of the molecule is CCO[C@@]1(C)C[C@H]1NC(=O)Nc1cccc(S(=O)(=O)N2CCN(C)CC2)c1. The molecule has 0 spiro atoms. The summed E-state index contributed by atoms with van der Waals surface area (Å²) >= 11 is 0. The normalized spacial score (nSPS) is 26.6. The fourth-order valence-electron chi connectivity index (χ4n) is 3.28. The second-order valence-electron chi connectivity index (χ2n) is 7.34. The van der Waals surface area contributed by atoms with E-state index < -0.39 is 10.0 Å². The van der Waals surface area contributed by atoms with Crippen LogP contribution in [0.3, 0.4) is 0 Å². The number of ether oxygens (including phenoxy) is 1. The van der Waals surface area contributed by atoms with Gasteiger partial charge in [0.25, 0.3) is 0 Å². The second-order valence-corrected chi connectivity index (χ2v) is 9.27. The molecule has 2 fully saturated rings. The molecule has 27 heavy (non-hydrogen) atoms. The van der Waals surface area contributed by atoms with Gasteiger partial charge < -0.3 is 20.3 Å². The van der Waals surface area contributed by atoms with Crippen LogP contribution >= 0.6 is 0 Å². The number of anilines is 1. The molecule has 2 amide bonds. The Balaban J connectivity index is 1.63. The highest BCUT2D eigenvalue weighted by atomic mass is 32.2. The van der Waals surface area contributed by atoms with Gasteiger partial charge in [-0.3, -0.25) is 0 Å². The van der Waals surface area contributed by atoms with E-state index in [9.17, 15) is 13.2 Å². The number of urea groups is 1. The molecule has 9 heteroatoms. The molecule has 1 saturated heterocycles. The maximum absolute atomic E-state index is 12.8. The standard InChI is InChI=1S/C18H28N4O4S/c1-4-26-18(2)13-16(18)20-17(23)19-14-6-5-7-15(12-14)27(24,25)22-10-8-21(3)9-11-22/h5-7,12,16H,4,8-11,13H2,1-3H3,(H2,19,20,23)/t16-,18+/m1/s1. The van der Waals surface area contributed by atoms with Crippen LogP contribution < -0.4 is 10.6 Å². The smallest absolute Gasteiger partial charge is 0.319 e. The summed E-state index contributed by atoms with van der Waals surface area (Å²) < 4.78 is 32.8. The zero-order valence-corrected chi connectivity index (χ0v) is 16.9. The summed E-state index contributed by atoms with van der Waals surface area (Å²) in [5.74, 6) is 0. The summed E-state index contributed by atoms with van der Waals surface area (Å²) in [6.07, 6.45) is 0.770. The van der Waals surface area contributed by atoms with Crippen molar-refractivity contribution in [3.05, 3.63) is 24.3 Å². The molecule has 1 heterocycles. The summed E-state index contributed by atoms with van der Waals surface area (Å²) in [6, 6.07) is 5.98. The number of benzene rings is 1. The van der Waals surface area contributed by atoms with Crippen molar-refractivity contribution < 1.29 is 17.9 Å². The Morgan fingerprint density at radius 3 is 2.67 bits per heavy atom. The largest absolute Gasteiger partial charge is 0.373 e. The van der Waals surface area contributed by atoms with Crippen LogP contribution in [0.5, 0.6) is 0 Å². The molecule has 1 aromatic rings. The number of piperazine rings is 1. The number of hydrogen-bond donors (Lipinski definition) is 2. The highest BCUT2D eigenvalue weighted by Crippen LogP contribution is 2.39. The van der Waals surface area contributed by atoms with E-state index in [2.05, 4.69) is 15.5 Å². The number of rotatable bonds is 6. The zero-order chi connectivity index (χ0) is 19.7. The highest BCUT2D eigenvalue weighted by Gasteiger charge is 2.52. The topological polar surface area (TPSA) is 91.0 Å². The lowest BCUT2D eigenvalue weighted by Crippen LogP contribution is -2.47. The summed E-state index contributed by atoms with van der Waals surface area (Å²) in [6.45, 7) is 6.84. The maximum Gasteiger partial charge on any atom is 0.319 e. The summed E-state index contributed by atoms with van der Waals surface area (Å²) in [4.78, 5) is 14.5. The molecule has 0 unspecified atom stereocenters. The first-order valence-electron chi connectivity index (χ1n) is 9.25. The average Bonchev–Trinajstić information content (AvgIpc) is 3.24. The van der Waals surface area contributed by atoms with E-state index in [1.807, 2.05) is 20.9 Å². The van der Waals surface area contributed by atoms with Gasteiger partial charge in [0.1, 0.15) is 0 Å². The van der Waals surface area contributed by atoms with Gasteiger partial charge in [-0.15, -0.1) is 0 Å². The molecule has 2 aliphatic rings. The molecule has 0 aromatic heterocycles. The van der Waals surface area contributed by atoms with Crippen LogP contribution in [0.2, 0.25) is 0 Å². The molecule has 1 aliphatic carbocycles. The fraction of sp³-hybridized carbons (Fsp3) is 0.611. The summed E-state index contributed by atoms with van der Waals surface area (Å²) in [5, 5.41) is 5.58. The number of carbonyl (C=O) groups excluding carboxylic acids is 1. The zero-order valence-electron chi connectivity index (χ0n) is 16.1. The number of hydrogen-bond acceptors (Lipinski definition) is 5. The number of likely N-dealkylation sites (N-methyl/N-ethyl adjacent to an activating group) is 1. The Kier molecular flexibility index (Phi) is 5.76.